The molecule has 0 saturated carbocycles. The molecular formula is C13H22N4O. The molecule has 0 amide bonds. The number of ether oxygens (including phenoxy) is 1. The third-order valence-corrected chi connectivity index (χ3v) is 3.03. The first-order valence-electron chi connectivity index (χ1n) is 6.62. The third-order valence-electron chi connectivity index (χ3n) is 3.03. The Morgan fingerprint density at radius 3 is 2.83 bits per heavy atom. The smallest absolute Gasteiger partial charge is 0.129 e. The van der Waals surface area contributed by atoms with Crippen molar-refractivity contribution in [2.75, 3.05) is 31.5 Å². The van der Waals surface area contributed by atoms with Gasteiger partial charge < -0.3 is 10.1 Å². The molecule has 1 saturated heterocycles. The van der Waals surface area contributed by atoms with Gasteiger partial charge in [-0.05, 0) is 26.3 Å². The molecule has 0 unspecified atom stereocenters. The Balaban J connectivity index is 1.63. The number of anilines is 1. The number of aromatic nitrogens is 2. The van der Waals surface area contributed by atoms with E-state index in [1.807, 2.05) is 6.07 Å². The summed E-state index contributed by atoms with van der Waals surface area (Å²) >= 11 is 0. The summed E-state index contributed by atoms with van der Waals surface area (Å²) in [5.74, 6) is 0.897. The molecular weight excluding hydrogens is 228 g/mol. The molecule has 0 radical (unpaired) electrons. The van der Waals surface area contributed by atoms with Crippen molar-refractivity contribution in [2.45, 2.75) is 32.5 Å². The predicted molar refractivity (Wildman–Crippen MR) is 71.6 cm³/mol. The van der Waals surface area contributed by atoms with Gasteiger partial charge in [-0.1, -0.05) is 0 Å². The lowest BCUT2D eigenvalue weighted by molar-refractivity contribution is -0.0678. The predicted octanol–water partition coefficient (Wildman–Crippen LogP) is 1.39. The van der Waals surface area contributed by atoms with Crippen LogP contribution in [0.4, 0.5) is 5.82 Å². The fraction of sp³-hybridized carbons (Fsp3) is 0.692. The molecule has 0 aromatic carbocycles. The third kappa shape index (κ3) is 4.23. The van der Waals surface area contributed by atoms with Crippen molar-refractivity contribution in [3.63, 3.8) is 0 Å². The number of rotatable bonds is 5. The van der Waals surface area contributed by atoms with Gasteiger partial charge in [0.25, 0.3) is 0 Å². The topological polar surface area (TPSA) is 50.3 Å². The summed E-state index contributed by atoms with van der Waals surface area (Å²) in [6, 6.07) is 1.89. The van der Waals surface area contributed by atoms with Crippen LogP contribution in [0.3, 0.4) is 0 Å². The first-order valence-corrected chi connectivity index (χ1v) is 6.62. The molecule has 2 atom stereocenters. The van der Waals surface area contributed by atoms with Crippen LogP contribution in [0, 0.1) is 0 Å². The van der Waals surface area contributed by atoms with Crippen LogP contribution in [0.2, 0.25) is 0 Å². The second-order valence-electron chi connectivity index (χ2n) is 4.89. The molecule has 2 rings (SSSR count). The van der Waals surface area contributed by atoms with Crippen molar-refractivity contribution in [3.05, 3.63) is 18.6 Å². The molecule has 2 heterocycles. The average molecular weight is 250 g/mol. The van der Waals surface area contributed by atoms with Crippen LogP contribution in [-0.2, 0) is 4.74 Å². The number of nitrogens with zero attached hydrogens (tertiary/aromatic N) is 3. The van der Waals surface area contributed by atoms with E-state index in [4.69, 9.17) is 4.74 Å². The highest BCUT2D eigenvalue weighted by Gasteiger charge is 2.21. The Morgan fingerprint density at radius 2 is 2.17 bits per heavy atom. The zero-order valence-corrected chi connectivity index (χ0v) is 11.2. The normalized spacial score (nSPS) is 25.0. The number of nitrogens with one attached hydrogen (secondary N) is 1. The second kappa shape index (κ2) is 6.66. The summed E-state index contributed by atoms with van der Waals surface area (Å²) in [6.45, 7) is 8.41. The summed E-state index contributed by atoms with van der Waals surface area (Å²) < 4.78 is 5.72. The van der Waals surface area contributed by atoms with Gasteiger partial charge >= 0.3 is 0 Å². The molecule has 100 valence electrons. The maximum absolute atomic E-state index is 5.72. The van der Waals surface area contributed by atoms with Crippen LogP contribution < -0.4 is 5.32 Å². The van der Waals surface area contributed by atoms with Crippen molar-refractivity contribution >= 4 is 5.82 Å². The minimum absolute atomic E-state index is 0.351. The lowest BCUT2D eigenvalue weighted by Crippen LogP contribution is -2.45. The van der Waals surface area contributed by atoms with E-state index < -0.39 is 0 Å². The SMILES string of the molecule is C[C@@H]1CN(CCCNc2ccncn2)C[C@H](C)O1. The molecule has 1 fully saturated rings. The summed E-state index contributed by atoms with van der Waals surface area (Å²) in [7, 11) is 0. The van der Waals surface area contributed by atoms with Crippen LogP contribution >= 0.6 is 0 Å². The molecule has 0 spiro atoms. The maximum Gasteiger partial charge on any atom is 0.129 e. The number of morpholine rings is 1. The van der Waals surface area contributed by atoms with E-state index in [-0.39, 0.29) is 0 Å². The van der Waals surface area contributed by atoms with Gasteiger partial charge in [0.15, 0.2) is 0 Å². The van der Waals surface area contributed by atoms with E-state index in [9.17, 15) is 0 Å². The van der Waals surface area contributed by atoms with Crippen molar-refractivity contribution < 1.29 is 4.74 Å². The molecule has 1 aliphatic heterocycles. The van der Waals surface area contributed by atoms with Gasteiger partial charge in [0, 0.05) is 32.4 Å². The molecule has 5 heteroatoms. The largest absolute Gasteiger partial charge is 0.373 e. The van der Waals surface area contributed by atoms with Crippen LogP contribution in [0.25, 0.3) is 0 Å². The fourth-order valence-electron chi connectivity index (χ4n) is 2.38. The van der Waals surface area contributed by atoms with E-state index >= 15 is 0 Å². The van der Waals surface area contributed by atoms with Gasteiger partial charge in [0.05, 0.1) is 12.2 Å². The summed E-state index contributed by atoms with van der Waals surface area (Å²) in [4.78, 5) is 10.5. The number of hydrogen-bond donors (Lipinski definition) is 1. The quantitative estimate of drug-likeness (QED) is 0.800. The standard InChI is InChI=1S/C13H22N4O/c1-11-8-17(9-12(2)18-11)7-3-5-15-13-4-6-14-10-16-13/h4,6,10-12H,3,5,7-9H2,1-2H3,(H,14,15,16)/t11-,12+. The highest BCUT2D eigenvalue weighted by Crippen LogP contribution is 2.10. The molecule has 1 aromatic rings. The Hall–Kier alpha value is -1.20. The highest BCUT2D eigenvalue weighted by atomic mass is 16.5. The minimum atomic E-state index is 0.351. The summed E-state index contributed by atoms with van der Waals surface area (Å²) in [5.41, 5.74) is 0. The van der Waals surface area contributed by atoms with E-state index in [1.54, 1.807) is 12.5 Å². The average Bonchev–Trinajstić information content (AvgIpc) is 2.35. The van der Waals surface area contributed by atoms with Crippen molar-refractivity contribution in [1.82, 2.24) is 14.9 Å². The van der Waals surface area contributed by atoms with Gasteiger partial charge in [0.1, 0.15) is 12.1 Å². The Bertz CT molecular complexity index is 336. The van der Waals surface area contributed by atoms with Gasteiger partial charge in [-0.25, -0.2) is 9.97 Å². The lowest BCUT2D eigenvalue weighted by Gasteiger charge is -2.35. The molecule has 1 aliphatic rings. The van der Waals surface area contributed by atoms with Gasteiger partial charge in [0.2, 0.25) is 0 Å². The molecule has 1 N–H and O–H groups in total. The Morgan fingerprint density at radius 1 is 1.39 bits per heavy atom. The van der Waals surface area contributed by atoms with Gasteiger partial charge in [-0.2, -0.15) is 0 Å². The van der Waals surface area contributed by atoms with Gasteiger partial charge in [-0.3, -0.25) is 4.90 Å². The van der Waals surface area contributed by atoms with Crippen LogP contribution in [0.1, 0.15) is 20.3 Å². The summed E-state index contributed by atoms with van der Waals surface area (Å²) in [5, 5.41) is 3.30. The summed E-state index contributed by atoms with van der Waals surface area (Å²) in [6.07, 6.45) is 5.13. The second-order valence-corrected chi connectivity index (χ2v) is 4.89. The van der Waals surface area contributed by atoms with Crippen LogP contribution in [0.15, 0.2) is 18.6 Å². The zero-order valence-electron chi connectivity index (χ0n) is 11.2. The number of hydrogen-bond acceptors (Lipinski definition) is 5. The lowest BCUT2D eigenvalue weighted by atomic mass is 10.2. The first-order chi connectivity index (χ1) is 8.74. The Labute approximate surface area is 109 Å². The van der Waals surface area contributed by atoms with E-state index in [0.29, 0.717) is 12.2 Å². The molecule has 0 bridgehead atoms. The zero-order chi connectivity index (χ0) is 12.8. The van der Waals surface area contributed by atoms with Gasteiger partial charge in [-0.15, -0.1) is 0 Å². The van der Waals surface area contributed by atoms with E-state index in [2.05, 4.69) is 34.0 Å². The van der Waals surface area contributed by atoms with E-state index in [0.717, 1.165) is 38.4 Å². The molecule has 1 aromatic heterocycles. The molecule has 5 nitrogen and oxygen atoms in total. The van der Waals surface area contributed by atoms with Crippen LogP contribution in [0.5, 0.6) is 0 Å². The minimum Gasteiger partial charge on any atom is -0.373 e. The highest BCUT2D eigenvalue weighted by molar-refractivity contribution is 5.31. The monoisotopic (exact) mass is 250 g/mol. The van der Waals surface area contributed by atoms with Crippen molar-refractivity contribution in [2.24, 2.45) is 0 Å². The Kier molecular flexibility index (Phi) is 4.90. The maximum atomic E-state index is 5.72. The van der Waals surface area contributed by atoms with Crippen LogP contribution in [-0.4, -0.2) is 53.3 Å². The van der Waals surface area contributed by atoms with Crippen molar-refractivity contribution in [3.8, 4) is 0 Å². The van der Waals surface area contributed by atoms with Crippen molar-refractivity contribution in [1.29, 1.82) is 0 Å². The van der Waals surface area contributed by atoms with E-state index in [1.165, 1.54) is 0 Å². The fourth-order valence-corrected chi connectivity index (χ4v) is 2.38. The first kappa shape index (κ1) is 13.2. The molecule has 18 heavy (non-hydrogen) atoms. The molecule has 0 aliphatic carbocycles.